The highest BCUT2D eigenvalue weighted by molar-refractivity contribution is 4.66. The molecule has 0 aliphatic carbocycles. The van der Waals surface area contributed by atoms with E-state index in [1.54, 1.807) is 0 Å². The molecule has 1 heterocycles. The Bertz CT molecular complexity index is 147. The monoisotopic (exact) mass is 200 g/mol. The van der Waals surface area contributed by atoms with E-state index in [2.05, 4.69) is 20.8 Å². The van der Waals surface area contributed by atoms with Gasteiger partial charge in [0.2, 0.25) is 0 Å². The molecule has 1 fully saturated rings. The minimum Gasteiger partial charge on any atom is -0.352 e. The van der Waals surface area contributed by atoms with Crippen LogP contribution in [-0.4, -0.2) is 19.0 Å². The highest BCUT2D eigenvalue weighted by atomic mass is 16.7. The summed E-state index contributed by atoms with van der Waals surface area (Å²) in [6.45, 7) is 7.42. The first kappa shape index (κ1) is 12.0. The van der Waals surface area contributed by atoms with Crippen LogP contribution in [0.3, 0.4) is 0 Å². The van der Waals surface area contributed by atoms with Gasteiger partial charge in [-0.25, -0.2) is 0 Å². The molecular weight excluding hydrogens is 176 g/mol. The van der Waals surface area contributed by atoms with E-state index in [-0.39, 0.29) is 6.29 Å². The van der Waals surface area contributed by atoms with Crippen LogP contribution < -0.4 is 0 Å². The van der Waals surface area contributed by atoms with Crippen molar-refractivity contribution >= 4 is 0 Å². The van der Waals surface area contributed by atoms with E-state index in [0.29, 0.717) is 12.0 Å². The van der Waals surface area contributed by atoms with E-state index in [1.165, 1.54) is 25.7 Å². The van der Waals surface area contributed by atoms with Crippen LogP contribution in [0.1, 0.15) is 52.9 Å². The molecular formula is C12H24O2. The average Bonchev–Trinajstić information content (AvgIpc) is 2.18. The number of hydrogen-bond donors (Lipinski definition) is 0. The first-order valence-corrected chi connectivity index (χ1v) is 6.01. The summed E-state index contributed by atoms with van der Waals surface area (Å²) >= 11 is 0. The fraction of sp³-hybridized carbons (Fsp3) is 1.00. The maximum absolute atomic E-state index is 5.76. The van der Waals surface area contributed by atoms with Gasteiger partial charge >= 0.3 is 0 Å². The quantitative estimate of drug-likeness (QED) is 0.634. The molecule has 84 valence electrons. The second-order valence-electron chi connectivity index (χ2n) is 4.43. The minimum atomic E-state index is 0.0676. The Kier molecular flexibility index (Phi) is 5.49. The minimum absolute atomic E-state index is 0.0676. The Morgan fingerprint density at radius 1 is 1.14 bits per heavy atom. The van der Waals surface area contributed by atoms with Crippen LogP contribution in [0.15, 0.2) is 0 Å². The topological polar surface area (TPSA) is 18.5 Å². The summed E-state index contributed by atoms with van der Waals surface area (Å²) in [5, 5.41) is 0. The first-order valence-electron chi connectivity index (χ1n) is 6.01. The number of unbranched alkanes of at least 4 members (excludes halogenated alkanes) is 3. The summed E-state index contributed by atoms with van der Waals surface area (Å²) in [6, 6.07) is 0. The molecule has 1 aliphatic rings. The molecule has 1 rings (SSSR count). The maximum atomic E-state index is 5.76. The summed E-state index contributed by atoms with van der Waals surface area (Å²) < 4.78 is 11.4. The first-order chi connectivity index (χ1) is 6.74. The van der Waals surface area contributed by atoms with Gasteiger partial charge in [-0.2, -0.15) is 0 Å². The smallest absolute Gasteiger partial charge is 0.157 e. The van der Waals surface area contributed by atoms with Gasteiger partial charge in [-0.3, -0.25) is 0 Å². The molecule has 3 atom stereocenters. The molecule has 0 saturated carbocycles. The molecule has 0 aromatic rings. The van der Waals surface area contributed by atoms with Crippen molar-refractivity contribution in [3.05, 3.63) is 0 Å². The lowest BCUT2D eigenvalue weighted by Crippen LogP contribution is -2.36. The van der Waals surface area contributed by atoms with Crippen LogP contribution in [0, 0.1) is 5.92 Å². The molecule has 0 aromatic carbocycles. The van der Waals surface area contributed by atoms with Crippen molar-refractivity contribution in [2.45, 2.75) is 65.3 Å². The van der Waals surface area contributed by atoms with Crippen molar-refractivity contribution in [2.75, 3.05) is 6.61 Å². The van der Waals surface area contributed by atoms with Gasteiger partial charge in [-0.1, -0.05) is 33.1 Å². The zero-order chi connectivity index (χ0) is 10.4. The second kappa shape index (κ2) is 6.41. The molecule has 0 radical (unpaired) electrons. The van der Waals surface area contributed by atoms with Gasteiger partial charge in [-0.05, 0) is 19.8 Å². The second-order valence-corrected chi connectivity index (χ2v) is 4.43. The van der Waals surface area contributed by atoms with Gasteiger partial charge in [-0.15, -0.1) is 0 Å². The Morgan fingerprint density at radius 2 is 1.93 bits per heavy atom. The van der Waals surface area contributed by atoms with E-state index in [0.717, 1.165) is 13.0 Å². The Balaban J connectivity index is 2.07. The van der Waals surface area contributed by atoms with Crippen LogP contribution in [0.25, 0.3) is 0 Å². The zero-order valence-corrected chi connectivity index (χ0v) is 9.79. The molecule has 0 aromatic heterocycles. The third-order valence-corrected chi connectivity index (χ3v) is 3.01. The van der Waals surface area contributed by atoms with Crippen molar-refractivity contribution in [1.29, 1.82) is 0 Å². The van der Waals surface area contributed by atoms with Crippen LogP contribution in [0.5, 0.6) is 0 Å². The molecule has 0 spiro atoms. The Hall–Kier alpha value is -0.0800. The lowest BCUT2D eigenvalue weighted by atomic mass is 10.1. The summed E-state index contributed by atoms with van der Waals surface area (Å²) in [4.78, 5) is 0. The van der Waals surface area contributed by atoms with E-state index in [9.17, 15) is 0 Å². The predicted octanol–water partition coefficient (Wildman–Crippen LogP) is 3.35. The molecule has 0 bridgehead atoms. The largest absolute Gasteiger partial charge is 0.352 e. The van der Waals surface area contributed by atoms with Gasteiger partial charge in [0.25, 0.3) is 0 Å². The van der Waals surface area contributed by atoms with Crippen LogP contribution in [0.4, 0.5) is 0 Å². The molecule has 1 aliphatic heterocycles. The average molecular weight is 200 g/mol. The molecule has 2 heteroatoms. The highest BCUT2D eigenvalue weighted by Crippen LogP contribution is 2.21. The van der Waals surface area contributed by atoms with E-state index >= 15 is 0 Å². The standard InChI is InChI=1S/C12H24O2/c1-4-5-6-7-8-12-13-9-10(2)11(3)14-12/h10-12H,4-9H2,1-3H3/t10-,11+,12+/m0/s1. The number of hydrogen-bond acceptors (Lipinski definition) is 2. The summed E-state index contributed by atoms with van der Waals surface area (Å²) in [6.07, 6.45) is 6.66. The number of ether oxygens (including phenoxy) is 2. The van der Waals surface area contributed by atoms with Gasteiger partial charge in [0.05, 0.1) is 12.7 Å². The van der Waals surface area contributed by atoms with Crippen molar-refractivity contribution in [2.24, 2.45) is 5.92 Å². The van der Waals surface area contributed by atoms with E-state index in [1.807, 2.05) is 0 Å². The molecule has 2 nitrogen and oxygen atoms in total. The Morgan fingerprint density at radius 3 is 2.57 bits per heavy atom. The van der Waals surface area contributed by atoms with Crippen molar-refractivity contribution < 1.29 is 9.47 Å². The fourth-order valence-corrected chi connectivity index (χ4v) is 1.70. The van der Waals surface area contributed by atoms with Crippen molar-refractivity contribution in [1.82, 2.24) is 0 Å². The molecule has 1 saturated heterocycles. The fourth-order valence-electron chi connectivity index (χ4n) is 1.70. The summed E-state index contributed by atoms with van der Waals surface area (Å²) in [7, 11) is 0. The third kappa shape index (κ3) is 3.97. The molecule has 0 amide bonds. The molecule has 14 heavy (non-hydrogen) atoms. The van der Waals surface area contributed by atoms with Crippen molar-refractivity contribution in [3.63, 3.8) is 0 Å². The van der Waals surface area contributed by atoms with Gasteiger partial charge in [0, 0.05) is 5.92 Å². The van der Waals surface area contributed by atoms with Gasteiger partial charge in [0.15, 0.2) is 6.29 Å². The number of rotatable bonds is 5. The van der Waals surface area contributed by atoms with Crippen LogP contribution in [-0.2, 0) is 9.47 Å². The van der Waals surface area contributed by atoms with Crippen LogP contribution in [0.2, 0.25) is 0 Å². The maximum Gasteiger partial charge on any atom is 0.157 e. The lowest BCUT2D eigenvalue weighted by Gasteiger charge is -2.32. The predicted molar refractivity (Wildman–Crippen MR) is 58.2 cm³/mol. The van der Waals surface area contributed by atoms with E-state index in [4.69, 9.17) is 9.47 Å². The SMILES string of the molecule is CCCCCC[C@@H]1OC[C@H](C)[C@@H](C)O1. The molecule has 0 unspecified atom stereocenters. The summed E-state index contributed by atoms with van der Waals surface area (Å²) in [5.74, 6) is 0.543. The highest BCUT2D eigenvalue weighted by Gasteiger charge is 2.24. The van der Waals surface area contributed by atoms with Gasteiger partial charge in [0.1, 0.15) is 0 Å². The summed E-state index contributed by atoms with van der Waals surface area (Å²) in [5.41, 5.74) is 0. The van der Waals surface area contributed by atoms with Crippen molar-refractivity contribution in [3.8, 4) is 0 Å². The molecule has 0 N–H and O–H groups in total. The van der Waals surface area contributed by atoms with E-state index < -0.39 is 0 Å². The van der Waals surface area contributed by atoms with Gasteiger partial charge < -0.3 is 9.47 Å². The lowest BCUT2D eigenvalue weighted by molar-refractivity contribution is -0.231. The normalized spacial score (nSPS) is 33.2. The third-order valence-electron chi connectivity index (χ3n) is 3.01. The Labute approximate surface area is 88.0 Å². The zero-order valence-electron chi connectivity index (χ0n) is 9.79. The van der Waals surface area contributed by atoms with Crippen LogP contribution >= 0.6 is 0 Å².